The highest BCUT2D eigenvalue weighted by atomic mass is 16.5. The molecule has 0 aromatic heterocycles. The Morgan fingerprint density at radius 1 is 0.882 bits per heavy atom. The van der Waals surface area contributed by atoms with Gasteiger partial charge in [0.1, 0.15) is 23.9 Å². The molecule has 0 heterocycles. The van der Waals surface area contributed by atoms with Gasteiger partial charge in [0.05, 0.1) is 7.11 Å². The summed E-state index contributed by atoms with van der Waals surface area (Å²) in [6.45, 7) is 0.479. The van der Waals surface area contributed by atoms with Crippen LogP contribution in [0.5, 0.6) is 17.2 Å². The van der Waals surface area contributed by atoms with Gasteiger partial charge in [0, 0.05) is 0 Å². The van der Waals surface area contributed by atoms with Gasteiger partial charge in [0.2, 0.25) is 0 Å². The smallest absolute Gasteiger partial charge is 0.120 e. The number of ether oxygens (including phenoxy) is 2. The Kier molecular flexibility index (Phi) is 3.50. The van der Waals surface area contributed by atoms with Crippen molar-refractivity contribution in [2.75, 3.05) is 7.11 Å². The fraction of sp³-hybridized carbons (Fsp3) is 0.143. The van der Waals surface area contributed by atoms with Crippen LogP contribution in [0.2, 0.25) is 0 Å². The van der Waals surface area contributed by atoms with Crippen LogP contribution in [0.3, 0.4) is 0 Å². The van der Waals surface area contributed by atoms with Crippen LogP contribution in [0.25, 0.3) is 0 Å². The predicted molar refractivity (Wildman–Crippen MR) is 65.4 cm³/mol. The van der Waals surface area contributed by atoms with Crippen molar-refractivity contribution < 1.29 is 14.6 Å². The van der Waals surface area contributed by atoms with Crippen molar-refractivity contribution in [1.82, 2.24) is 0 Å². The Balaban J connectivity index is 1.95. The molecule has 2 aromatic rings. The zero-order chi connectivity index (χ0) is 12.1. The molecule has 1 N–H and O–H groups in total. The molecule has 0 spiro atoms. The lowest BCUT2D eigenvalue weighted by Crippen LogP contribution is -1.94. The van der Waals surface area contributed by atoms with E-state index in [2.05, 4.69) is 0 Å². The number of methoxy groups -OCH3 is 1. The summed E-state index contributed by atoms with van der Waals surface area (Å²) in [6, 6.07) is 14.4. The van der Waals surface area contributed by atoms with Crippen molar-refractivity contribution in [2.24, 2.45) is 0 Å². The van der Waals surface area contributed by atoms with E-state index < -0.39 is 0 Å². The molecule has 0 atom stereocenters. The van der Waals surface area contributed by atoms with Crippen molar-refractivity contribution in [1.29, 1.82) is 0 Å². The summed E-state index contributed by atoms with van der Waals surface area (Å²) in [7, 11) is 1.63. The van der Waals surface area contributed by atoms with Gasteiger partial charge in [0.15, 0.2) is 0 Å². The highest BCUT2D eigenvalue weighted by Gasteiger charge is 1.97. The van der Waals surface area contributed by atoms with Crippen LogP contribution in [0, 0.1) is 0 Å². The van der Waals surface area contributed by atoms with E-state index in [4.69, 9.17) is 14.6 Å². The van der Waals surface area contributed by atoms with Gasteiger partial charge in [-0.05, 0) is 42.0 Å². The molecule has 0 saturated heterocycles. The van der Waals surface area contributed by atoms with Gasteiger partial charge in [-0.25, -0.2) is 0 Å². The van der Waals surface area contributed by atoms with Crippen molar-refractivity contribution in [3.05, 3.63) is 54.1 Å². The van der Waals surface area contributed by atoms with Crippen LogP contribution < -0.4 is 9.47 Å². The summed E-state index contributed by atoms with van der Waals surface area (Å²) >= 11 is 0. The monoisotopic (exact) mass is 230 g/mol. The first-order valence-corrected chi connectivity index (χ1v) is 5.33. The minimum absolute atomic E-state index is 0.262. The van der Waals surface area contributed by atoms with Gasteiger partial charge in [-0.15, -0.1) is 0 Å². The van der Waals surface area contributed by atoms with Crippen LogP contribution in [0.4, 0.5) is 0 Å². The molecule has 0 unspecified atom stereocenters. The second-order valence-corrected chi connectivity index (χ2v) is 3.63. The maximum atomic E-state index is 9.14. The normalized spacial score (nSPS) is 9.94. The second kappa shape index (κ2) is 5.25. The van der Waals surface area contributed by atoms with Crippen LogP contribution in [0.1, 0.15) is 5.56 Å². The first-order valence-electron chi connectivity index (χ1n) is 5.33. The van der Waals surface area contributed by atoms with E-state index in [-0.39, 0.29) is 5.75 Å². The molecule has 3 heteroatoms. The quantitative estimate of drug-likeness (QED) is 0.877. The zero-order valence-electron chi connectivity index (χ0n) is 9.59. The highest BCUT2D eigenvalue weighted by molar-refractivity contribution is 5.31. The van der Waals surface area contributed by atoms with Gasteiger partial charge in [-0.3, -0.25) is 0 Å². The number of hydrogen-bond donors (Lipinski definition) is 1. The van der Waals surface area contributed by atoms with Gasteiger partial charge in [-0.1, -0.05) is 12.1 Å². The zero-order valence-corrected chi connectivity index (χ0v) is 9.59. The summed E-state index contributed by atoms with van der Waals surface area (Å²) in [5, 5.41) is 9.14. The number of hydrogen-bond acceptors (Lipinski definition) is 3. The first kappa shape index (κ1) is 11.3. The highest BCUT2D eigenvalue weighted by Crippen LogP contribution is 2.18. The standard InChI is InChI=1S/C14H14O3/c1-16-13-6-8-14(9-7-13)17-10-11-2-4-12(15)5-3-11/h2-9,15H,10H2,1H3. The fourth-order valence-electron chi connectivity index (χ4n) is 1.43. The molecule has 0 fully saturated rings. The third-order valence-corrected chi connectivity index (χ3v) is 2.40. The fourth-order valence-corrected chi connectivity index (χ4v) is 1.43. The lowest BCUT2D eigenvalue weighted by Gasteiger charge is -2.07. The van der Waals surface area contributed by atoms with E-state index in [0.717, 1.165) is 17.1 Å². The van der Waals surface area contributed by atoms with E-state index in [9.17, 15) is 0 Å². The predicted octanol–water partition coefficient (Wildman–Crippen LogP) is 2.98. The SMILES string of the molecule is COc1ccc(OCc2ccc(O)cc2)cc1. The van der Waals surface area contributed by atoms with E-state index in [1.165, 1.54) is 0 Å². The second-order valence-electron chi connectivity index (χ2n) is 3.63. The van der Waals surface area contributed by atoms with Crippen LogP contribution in [-0.4, -0.2) is 12.2 Å². The Hall–Kier alpha value is -2.16. The molecule has 17 heavy (non-hydrogen) atoms. The molecule has 3 nitrogen and oxygen atoms in total. The lowest BCUT2D eigenvalue weighted by atomic mass is 10.2. The van der Waals surface area contributed by atoms with E-state index >= 15 is 0 Å². The largest absolute Gasteiger partial charge is 0.508 e. The van der Waals surface area contributed by atoms with Gasteiger partial charge < -0.3 is 14.6 Å². The molecule has 88 valence electrons. The summed E-state index contributed by atoms with van der Waals surface area (Å²) in [6.07, 6.45) is 0. The summed E-state index contributed by atoms with van der Waals surface area (Å²) in [5.74, 6) is 1.86. The third kappa shape index (κ3) is 3.14. The lowest BCUT2D eigenvalue weighted by molar-refractivity contribution is 0.305. The van der Waals surface area contributed by atoms with E-state index in [1.54, 1.807) is 19.2 Å². The average molecular weight is 230 g/mol. The van der Waals surface area contributed by atoms with Crippen LogP contribution in [-0.2, 0) is 6.61 Å². The number of benzene rings is 2. The van der Waals surface area contributed by atoms with Gasteiger partial charge >= 0.3 is 0 Å². The summed E-state index contributed by atoms with van der Waals surface area (Å²) in [4.78, 5) is 0. The minimum atomic E-state index is 0.262. The molecule has 0 aliphatic heterocycles. The van der Waals surface area contributed by atoms with Crippen LogP contribution >= 0.6 is 0 Å². The summed E-state index contributed by atoms with van der Waals surface area (Å²) < 4.78 is 10.7. The molecule has 0 bridgehead atoms. The maximum Gasteiger partial charge on any atom is 0.120 e. The first-order chi connectivity index (χ1) is 8.28. The number of rotatable bonds is 4. The number of aromatic hydroxyl groups is 1. The molecule has 0 aliphatic carbocycles. The Morgan fingerprint density at radius 2 is 1.47 bits per heavy atom. The molecule has 2 aromatic carbocycles. The van der Waals surface area contributed by atoms with E-state index in [1.807, 2.05) is 36.4 Å². The van der Waals surface area contributed by atoms with E-state index in [0.29, 0.717) is 6.61 Å². The van der Waals surface area contributed by atoms with Gasteiger partial charge in [0.25, 0.3) is 0 Å². The van der Waals surface area contributed by atoms with Crippen molar-refractivity contribution in [2.45, 2.75) is 6.61 Å². The van der Waals surface area contributed by atoms with Crippen molar-refractivity contribution in [3.63, 3.8) is 0 Å². The molecule has 2 rings (SSSR count). The molecule has 0 aliphatic rings. The number of phenols is 1. The number of phenolic OH excluding ortho intramolecular Hbond substituents is 1. The Bertz CT molecular complexity index is 460. The van der Waals surface area contributed by atoms with Crippen LogP contribution in [0.15, 0.2) is 48.5 Å². The summed E-state index contributed by atoms with van der Waals surface area (Å²) in [5.41, 5.74) is 1.01. The minimum Gasteiger partial charge on any atom is -0.508 e. The molecular formula is C14H14O3. The molecule has 0 saturated carbocycles. The molecular weight excluding hydrogens is 216 g/mol. The Labute approximate surface area is 100 Å². The van der Waals surface area contributed by atoms with Gasteiger partial charge in [-0.2, -0.15) is 0 Å². The van der Waals surface area contributed by atoms with Crippen molar-refractivity contribution >= 4 is 0 Å². The molecule has 0 radical (unpaired) electrons. The topological polar surface area (TPSA) is 38.7 Å². The third-order valence-electron chi connectivity index (χ3n) is 2.40. The van der Waals surface area contributed by atoms with Crippen molar-refractivity contribution in [3.8, 4) is 17.2 Å². The average Bonchev–Trinajstić information content (AvgIpc) is 2.39. The molecule has 0 amide bonds. The maximum absolute atomic E-state index is 9.14. The Morgan fingerprint density at radius 3 is 2.06 bits per heavy atom.